The van der Waals surface area contributed by atoms with Crippen LogP contribution in [0.4, 0.5) is 0 Å². The van der Waals surface area contributed by atoms with E-state index in [1.807, 2.05) is 0 Å². The molecule has 0 aliphatic carbocycles. The average molecular weight is 294 g/mol. The van der Waals surface area contributed by atoms with Crippen molar-refractivity contribution in [2.75, 3.05) is 18.1 Å². The summed E-state index contributed by atoms with van der Waals surface area (Å²) in [4.78, 5) is 0. The van der Waals surface area contributed by atoms with Gasteiger partial charge in [0.05, 0.1) is 0 Å². The van der Waals surface area contributed by atoms with Crippen LogP contribution < -0.4 is 5.32 Å². The van der Waals surface area contributed by atoms with Crippen molar-refractivity contribution in [1.82, 2.24) is 5.32 Å². The highest BCUT2D eigenvalue weighted by Crippen LogP contribution is 2.25. The number of rotatable bonds is 8. The Labute approximate surface area is 129 Å². The van der Waals surface area contributed by atoms with Crippen molar-refractivity contribution in [2.24, 2.45) is 0 Å². The molecule has 1 aromatic rings. The summed E-state index contributed by atoms with van der Waals surface area (Å²) < 4.78 is 0. The molecule has 0 bridgehead atoms. The zero-order valence-corrected chi connectivity index (χ0v) is 14.6. The van der Waals surface area contributed by atoms with Gasteiger partial charge in [-0.25, -0.2) is 0 Å². The molecule has 1 rings (SSSR count). The summed E-state index contributed by atoms with van der Waals surface area (Å²) in [6, 6.07) is 8.85. The molecule has 1 unspecified atom stereocenters. The Morgan fingerprint density at radius 3 is 2.50 bits per heavy atom. The minimum absolute atomic E-state index is 0.194. The topological polar surface area (TPSA) is 12.0 Å². The fourth-order valence-electron chi connectivity index (χ4n) is 2.42. The van der Waals surface area contributed by atoms with E-state index in [1.165, 1.54) is 35.5 Å². The molecule has 0 aliphatic rings. The predicted octanol–water partition coefficient (Wildman–Crippen LogP) is 5.00. The lowest BCUT2D eigenvalue weighted by molar-refractivity contribution is 0.398. The fraction of sp³-hybridized carbons (Fsp3) is 0.667. The second-order valence-electron chi connectivity index (χ2n) is 6.52. The number of nitrogens with one attached hydrogen (secondary N) is 1. The summed E-state index contributed by atoms with van der Waals surface area (Å²) in [5.74, 6) is 3.15. The maximum absolute atomic E-state index is 3.68. The molecular formula is C18H31NS. The monoisotopic (exact) mass is 293 g/mol. The van der Waals surface area contributed by atoms with E-state index < -0.39 is 0 Å². The molecule has 0 radical (unpaired) electrons. The summed E-state index contributed by atoms with van der Waals surface area (Å²) >= 11 is 2.05. The summed E-state index contributed by atoms with van der Waals surface area (Å²) in [7, 11) is 0. The summed E-state index contributed by atoms with van der Waals surface area (Å²) in [6.07, 6.45) is 2.59. The molecule has 0 aromatic heterocycles. The normalized spacial score (nSPS) is 13.4. The van der Waals surface area contributed by atoms with Gasteiger partial charge in [-0.2, -0.15) is 11.8 Å². The molecule has 0 amide bonds. The summed E-state index contributed by atoms with van der Waals surface area (Å²) in [5.41, 5.74) is 3.14. The van der Waals surface area contributed by atoms with E-state index in [0.29, 0.717) is 5.92 Å². The third-order valence-electron chi connectivity index (χ3n) is 3.55. The van der Waals surface area contributed by atoms with Crippen LogP contribution >= 0.6 is 11.8 Å². The van der Waals surface area contributed by atoms with Gasteiger partial charge in [0, 0.05) is 12.1 Å². The summed E-state index contributed by atoms with van der Waals surface area (Å²) in [6.45, 7) is 12.3. The van der Waals surface area contributed by atoms with E-state index in [0.717, 1.165) is 6.54 Å². The van der Waals surface area contributed by atoms with Crippen LogP contribution in [0.25, 0.3) is 0 Å². The van der Waals surface area contributed by atoms with Crippen LogP contribution in [0, 0.1) is 6.92 Å². The molecule has 1 atom stereocenters. The molecule has 0 saturated heterocycles. The van der Waals surface area contributed by atoms with Gasteiger partial charge in [-0.1, -0.05) is 31.2 Å². The van der Waals surface area contributed by atoms with Gasteiger partial charge in [-0.3, -0.25) is 0 Å². The lowest BCUT2D eigenvalue weighted by atomic mass is 9.90. The second-order valence-corrected chi connectivity index (χ2v) is 7.92. The zero-order valence-electron chi connectivity index (χ0n) is 13.8. The van der Waals surface area contributed by atoms with E-state index in [1.54, 1.807) is 0 Å². The van der Waals surface area contributed by atoms with Crippen LogP contribution in [0.1, 0.15) is 57.6 Å². The molecule has 0 saturated carbocycles. The first kappa shape index (κ1) is 17.6. The van der Waals surface area contributed by atoms with Crippen LogP contribution in [-0.2, 0) is 0 Å². The van der Waals surface area contributed by atoms with Crippen molar-refractivity contribution in [3.8, 4) is 0 Å². The minimum Gasteiger partial charge on any atom is -0.311 e. The second kappa shape index (κ2) is 8.74. The van der Waals surface area contributed by atoms with Gasteiger partial charge in [0.2, 0.25) is 0 Å². The molecular weight excluding hydrogens is 262 g/mol. The van der Waals surface area contributed by atoms with Crippen LogP contribution in [0.3, 0.4) is 0 Å². The Kier molecular flexibility index (Phi) is 7.68. The first-order chi connectivity index (χ1) is 9.44. The maximum atomic E-state index is 3.68. The van der Waals surface area contributed by atoms with Gasteiger partial charge < -0.3 is 5.32 Å². The smallest absolute Gasteiger partial charge is 0.00967 e. The van der Waals surface area contributed by atoms with Crippen molar-refractivity contribution in [1.29, 1.82) is 0 Å². The Morgan fingerprint density at radius 1 is 1.20 bits per heavy atom. The minimum atomic E-state index is 0.194. The lowest BCUT2D eigenvalue weighted by Crippen LogP contribution is -2.38. The Balaban J connectivity index is 2.66. The quantitative estimate of drug-likeness (QED) is 0.677. The zero-order chi connectivity index (χ0) is 15.0. The SMILES string of the molecule is CCSCCCC(CNC(C)(C)C)c1ccccc1C. The third kappa shape index (κ3) is 6.81. The highest BCUT2D eigenvalue weighted by Gasteiger charge is 2.17. The highest BCUT2D eigenvalue weighted by molar-refractivity contribution is 7.99. The van der Waals surface area contributed by atoms with Gasteiger partial charge in [0.1, 0.15) is 0 Å². The van der Waals surface area contributed by atoms with Crippen LogP contribution in [0.5, 0.6) is 0 Å². The molecule has 0 aliphatic heterocycles. The fourth-order valence-corrected chi connectivity index (χ4v) is 3.08. The first-order valence-corrected chi connectivity index (χ1v) is 8.98. The van der Waals surface area contributed by atoms with Gasteiger partial charge in [0.15, 0.2) is 0 Å². The molecule has 0 spiro atoms. The molecule has 1 aromatic carbocycles. The van der Waals surface area contributed by atoms with E-state index in [2.05, 4.69) is 76.0 Å². The maximum Gasteiger partial charge on any atom is 0.00967 e. The Hall–Kier alpha value is -0.470. The van der Waals surface area contributed by atoms with Gasteiger partial charge in [-0.05, 0) is 69.1 Å². The van der Waals surface area contributed by atoms with E-state index in [-0.39, 0.29) is 5.54 Å². The van der Waals surface area contributed by atoms with Crippen LogP contribution in [-0.4, -0.2) is 23.6 Å². The molecule has 0 heterocycles. The molecule has 1 nitrogen and oxygen atoms in total. The van der Waals surface area contributed by atoms with Crippen molar-refractivity contribution < 1.29 is 0 Å². The number of hydrogen-bond acceptors (Lipinski definition) is 2. The van der Waals surface area contributed by atoms with Crippen molar-refractivity contribution in [3.05, 3.63) is 35.4 Å². The average Bonchev–Trinajstić information content (AvgIpc) is 2.38. The standard InChI is InChI=1S/C18H31NS/c1-6-20-13-9-11-16(14-19-18(3,4)5)17-12-8-7-10-15(17)2/h7-8,10,12,16,19H,6,9,11,13-14H2,1-5H3. The summed E-state index contributed by atoms with van der Waals surface area (Å²) in [5, 5.41) is 3.68. The molecule has 0 fully saturated rings. The first-order valence-electron chi connectivity index (χ1n) is 7.82. The number of thioether (sulfide) groups is 1. The molecule has 1 N–H and O–H groups in total. The molecule has 20 heavy (non-hydrogen) atoms. The van der Waals surface area contributed by atoms with E-state index in [4.69, 9.17) is 0 Å². The van der Waals surface area contributed by atoms with Gasteiger partial charge in [-0.15, -0.1) is 0 Å². The molecule has 114 valence electrons. The van der Waals surface area contributed by atoms with Crippen LogP contribution in [0.2, 0.25) is 0 Å². The predicted molar refractivity (Wildman–Crippen MR) is 93.9 cm³/mol. The van der Waals surface area contributed by atoms with E-state index >= 15 is 0 Å². The van der Waals surface area contributed by atoms with Crippen molar-refractivity contribution in [2.45, 2.75) is 58.9 Å². The van der Waals surface area contributed by atoms with Crippen molar-refractivity contribution >= 4 is 11.8 Å². The van der Waals surface area contributed by atoms with E-state index in [9.17, 15) is 0 Å². The van der Waals surface area contributed by atoms with Gasteiger partial charge in [0.25, 0.3) is 0 Å². The van der Waals surface area contributed by atoms with Gasteiger partial charge >= 0.3 is 0 Å². The Bertz CT molecular complexity index is 381. The number of aryl methyl sites for hydroxylation is 1. The largest absolute Gasteiger partial charge is 0.311 e. The van der Waals surface area contributed by atoms with Crippen LogP contribution in [0.15, 0.2) is 24.3 Å². The highest BCUT2D eigenvalue weighted by atomic mass is 32.2. The lowest BCUT2D eigenvalue weighted by Gasteiger charge is -2.26. The third-order valence-corrected chi connectivity index (χ3v) is 4.54. The number of hydrogen-bond donors (Lipinski definition) is 1. The number of benzene rings is 1. The van der Waals surface area contributed by atoms with Crippen molar-refractivity contribution in [3.63, 3.8) is 0 Å². The Morgan fingerprint density at radius 2 is 1.90 bits per heavy atom. The molecule has 2 heteroatoms.